The summed E-state index contributed by atoms with van der Waals surface area (Å²) >= 11 is 6.67. The molecule has 1 spiro atoms. The Morgan fingerprint density at radius 1 is 1.06 bits per heavy atom. The lowest BCUT2D eigenvalue weighted by Gasteiger charge is -2.37. The van der Waals surface area contributed by atoms with Crippen LogP contribution in [0.5, 0.6) is 5.75 Å². The van der Waals surface area contributed by atoms with Crippen molar-refractivity contribution in [2.45, 2.75) is 82.0 Å². The molecule has 4 aliphatic heterocycles. The van der Waals surface area contributed by atoms with Crippen LogP contribution in [0, 0.1) is 5.92 Å². The van der Waals surface area contributed by atoms with Gasteiger partial charge in [-0.3, -0.25) is 14.4 Å². The van der Waals surface area contributed by atoms with Crippen molar-refractivity contribution in [1.82, 2.24) is 4.90 Å². The van der Waals surface area contributed by atoms with E-state index in [2.05, 4.69) is 32.2 Å². The van der Waals surface area contributed by atoms with Crippen LogP contribution in [0.25, 0.3) is 0 Å². The van der Waals surface area contributed by atoms with E-state index in [1.807, 2.05) is 53.4 Å². The first kappa shape index (κ1) is 34.7. The number of hydrogen-bond donors (Lipinski definition) is 1. The average Bonchev–Trinajstić information content (AvgIpc) is 3.88. The second kappa shape index (κ2) is 13.4. The fourth-order valence-corrected chi connectivity index (χ4v) is 13.4. The van der Waals surface area contributed by atoms with Crippen molar-refractivity contribution in [3.8, 4) is 5.75 Å². The summed E-state index contributed by atoms with van der Waals surface area (Å²) in [6.45, 7) is 8.21. The molecule has 3 amide bonds. The summed E-state index contributed by atoms with van der Waals surface area (Å²) in [6.07, 6.45) is 2.58. The molecule has 3 fully saturated rings. The van der Waals surface area contributed by atoms with Crippen LogP contribution in [0.15, 0.2) is 66.7 Å². The van der Waals surface area contributed by atoms with Crippen molar-refractivity contribution in [2.75, 3.05) is 36.6 Å². The summed E-state index contributed by atoms with van der Waals surface area (Å²) in [7, 11) is -0.816. The molecule has 50 heavy (non-hydrogen) atoms. The van der Waals surface area contributed by atoms with Gasteiger partial charge in [-0.2, -0.15) is 0 Å². The Morgan fingerprint density at radius 3 is 2.54 bits per heavy atom. The highest BCUT2D eigenvalue weighted by molar-refractivity contribution is 6.91. The van der Waals surface area contributed by atoms with E-state index >= 15 is 4.79 Å². The van der Waals surface area contributed by atoms with E-state index in [9.17, 15) is 14.7 Å². The highest BCUT2D eigenvalue weighted by Gasteiger charge is 2.66. The molecule has 9 nitrogen and oxygen atoms in total. The zero-order valence-electron chi connectivity index (χ0n) is 29.2. The third kappa shape index (κ3) is 5.74. The Morgan fingerprint density at radius 2 is 1.84 bits per heavy atom. The lowest BCUT2D eigenvalue weighted by Crippen LogP contribution is -2.52. The molecule has 0 saturated carbocycles. The maximum Gasteiger partial charge on any atom is 0.264 e. The molecule has 3 saturated heterocycles. The van der Waals surface area contributed by atoms with E-state index in [1.165, 1.54) is 5.19 Å². The zero-order valence-corrected chi connectivity index (χ0v) is 31.0. The number of hydrogen-bond acceptors (Lipinski definition) is 6. The van der Waals surface area contributed by atoms with Crippen LogP contribution >= 0.6 is 11.6 Å². The summed E-state index contributed by atoms with van der Waals surface area (Å²) in [5.74, 6) is 0.367. The summed E-state index contributed by atoms with van der Waals surface area (Å²) in [5.41, 5.74) is 1.74. The summed E-state index contributed by atoms with van der Waals surface area (Å²) in [6, 6.07) is 21.4. The van der Waals surface area contributed by atoms with Crippen molar-refractivity contribution in [3.63, 3.8) is 0 Å². The van der Waals surface area contributed by atoms with Crippen LogP contribution in [0.3, 0.4) is 0 Å². The zero-order chi connectivity index (χ0) is 35.4. The second-order valence-corrected chi connectivity index (χ2v) is 19.9. The molecule has 1 N–H and O–H groups in total. The van der Waals surface area contributed by atoms with Gasteiger partial charge < -0.3 is 29.3 Å². The minimum atomic E-state index is -2.47. The van der Waals surface area contributed by atoms with Gasteiger partial charge in [0.2, 0.25) is 11.8 Å². The van der Waals surface area contributed by atoms with E-state index in [-0.39, 0.29) is 48.3 Å². The first-order chi connectivity index (χ1) is 24.0. The fraction of sp³-hybridized carbons (Fsp3) is 0.462. The standard InChI is InChI=1S/C39H46ClN3O6Si/c1-25-37(50(3,4)31-15-13-30(48-2)14-16-31)34(22-36(46)42-18-6-10-29(42)24-44)49-39(25)32-21-27(40)12-17-33(32)43(38(39)47)23-26-8-5-9-28(20-26)41-19-7-11-35(41)45/h5,8-9,12-17,20-21,25,29,34,37,44H,6-7,10-11,18-19,22-24H2,1-4H3/t25-,29+,34+,37-,39+/m1/s1. The third-order valence-corrected chi connectivity index (χ3v) is 16.3. The highest BCUT2D eigenvalue weighted by atomic mass is 35.5. The lowest BCUT2D eigenvalue weighted by atomic mass is 9.82. The number of carbonyl (C=O) groups excluding carboxylic acids is 3. The number of aliphatic hydroxyl groups is 1. The molecular formula is C39H46ClN3O6Si. The number of rotatable bonds is 9. The Kier molecular flexibility index (Phi) is 9.34. The van der Waals surface area contributed by atoms with Crippen molar-refractivity contribution in [2.24, 2.45) is 5.92 Å². The van der Waals surface area contributed by atoms with E-state index in [1.54, 1.807) is 23.0 Å². The van der Waals surface area contributed by atoms with Crippen molar-refractivity contribution in [1.29, 1.82) is 0 Å². The van der Waals surface area contributed by atoms with Gasteiger partial charge in [0.25, 0.3) is 5.91 Å². The number of fused-ring (bicyclic) bond motifs is 2. The van der Waals surface area contributed by atoms with Crippen LogP contribution in [0.1, 0.15) is 50.2 Å². The van der Waals surface area contributed by atoms with Crippen molar-refractivity contribution < 1.29 is 29.0 Å². The smallest absolute Gasteiger partial charge is 0.264 e. The van der Waals surface area contributed by atoms with Crippen LogP contribution in [-0.4, -0.2) is 74.8 Å². The molecule has 11 heteroatoms. The van der Waals surface area contributed by atoms with Crippen LogP contribution in [0.2, 0.25) is 23.7 Å². The topological polar surface area (TPSA) is 99.6 Å². The van der Waals surface area contributed by atoms with E-state index in [0.717, 1.165) is 47.5 Å². The molecule has 5 atom stereocenters. The second-order valence-electron chi connectivity index (χ2n) is 14.8. The number of amides is 3. The summed E-state index contributed by atoms with van der Waals surface area (Å²) in [4.78, 5) is 47.1. The number of likely N-dealkylation sites (tertiary alicyclic amines) is 1. The maximum atomic E-state index is 15.1. The predicted molar refractivity (Wildman–Crippen MR) is 197 cm³/mol. The number of ether oxygens (including phenoxy) is 2. The monoisotopic (exact) mass is 715 g/mol. The molecule has 4 aliphatic rings. The van der Waals surface area contributed by atoms with Gasteiger partial charge in [-0.15, -0.1) is 0 Å². The maximum absolute atomic E-state index is 15.1. The fourth-order valence-electron chi connectivity index (χ4n) is 9.21. The van der Waals surface area contributed by atoms with Crippen LogP contribution < -0.4 is 19.7 Å². The van der Waals surface area contributed by atoms with Gasteiger partial charge in [-0.25, -0.2) is 0 Å². The average molecular weight is 716 g/mol. The first-order valence-electron chi connectivity index (χ1n) is 17.7. The van der Waals surface area contributed by atoms with Gasteiger partial charge in [-0.1, -0.05) is 61.1 Å². The molecule has 4 heterocycles. The van der Waals surface area contributed by atoms with E-state index in [0.29, 0.717) is 31.1 Å². The van der Waals surface area contributed by atoms with Crippen LogP contribution in [-0.2, 0) is 31.3 Å². The Labute approximate surface area is 300 Å². The van der Waals surface area contributed by atoms with Crippen molar-refractivity contribution in [3.05, 3.63) is 82.9 Å². The quantitative estimate of drug-likeness (QED) is 0.289. The predicted octanol–water partition coefficient (Wildman–Crippen LogP) is 5.61. The molecular weight excluding hydrogens is 670 g/mol. The van der Waals surface area contributed by atoms with Gasteiger partial charge in [0, 0.05) is 41.7 Å². The number of carbonyl (C=O) groups is 3. The van der Waals surface area contributed by atoms with Crippen LogP contribution in [0.4, 0.5) is 11.4 Å². The molecule has 264 valence electrons. The van der Waals surface area contributed by atoms with Gasteiger partial charge in [0.1, 0.15) is 5.75 Å². The molecule has 0 aliphatic carbocycles. The number of aliphatic hydroxyl groups excluding tert-OH is 1. The van der Waals surface area contributed by atoms with Gasteiger partial charge >= 0.3 is 0 Å². The SMILES string of the molecule is COc1ccc([Si](C)(C)[C@H]2[C@H](CC(=O)N3CCC[C@H]3CO)O[C@@]3(C(=O)N(Cc4cccc(N5CCCC5=O)c4)c4ccc(Cl)cc43)[C@@H]2C)cc1. The summed E-state index contributed by atoms with van der Waals surface area (Å²) < 4.78 is 12.6. The van der Waals surface area contributed by atoms with E-state index < -0.39 is 19.8 Å². The summed E-state index contributed by atoms with van der Waals surface area (Å²) in [5, 5.41) is 11.7. The number of anilines is 2. The Hall–Kier alpha value is -3.70. The molecule has 0 bridgehead atoms. The first-order valence-corrected chi connectivity index (χ1v) is 21.2. The molecule has 3 aromatic carbocycles. The molecule has 0 aromatic heterocycles. The Bertz CT molecular complexity index is 1800. The molecule has 0 unspecified atom stereocenters. The van der Waals surface area contributed by atoms with Gasteiger partial charge in [-0.05, 0) is 72.8 Å². The number of benzene rings is 3. The number of methoxy groups -OCH3 is 1. The third-order valence-electron chi connectivity index (χ3n) is 11.7. The number of halogens is 1. The highest BCUT2D eigenvalue weighted by Crippen LogP contribution is 2.60. The normalized spacial score (nSPS) is 26.4. The number of nitrogens with zero attached hydrogens (tertiary/aromatic N) is 3. The molecule has 7 rings (SSSR count). The van der Waals surface area contributed by atoms with Crippen molar-refractivity contribution >= 4 is 54.0 Å². The van der Waals surface area contributed by atoms with Gasteiger partial charge in [0.05, 0.1) is 52.6 Å². The van der Waals surface area contributed by atoms with E-state index in [4.69, 9.17) is 21.1 Å². The Balaban J connectivity index is 1.29. The minimum Gasteiger partial charge on any atom is -0.497 e. The minimum absolute atomic E-state index is 0.0535. The van der Waals surface area contributed by atoms with Gasteiger partial charge in [0.15, 0.2) is 5.60 Å². The molecule has 0 radical (unpaired) electrons. The molecule has 3 aromatic rings. The largest absolute Gasteiger partial charge is 0.497 e. The lowest BCUT2D eigenvalue weighted by molar-refractivity contribution is -0.150.